The lowest BCUT2D eigenvalue weighted by atomic mass is 10.2. The van der Waals surface area contributed by atoms with E-state index in [4.69, 9.17) is 11.6 Å². The Hall–Kier alpha value is -2.99. The lowest BCUT2D eigenvalue weighted by molar-refractivity contribution is 0.102. The van der Waals surface area contributed by atoms with E-state index >= 15 is 0 Å². The molecule has 0 aliphatic heterocycles. The van der Waals surface area contributed by atoms with E-state index in [2.05, 4.69) is 25.6 Å². The van der Waals surface area contributed by atoms with Crippen LogP contribution in [0.25, 0.3) is 0 Å². The number of pyridine rings is 1. The molecule has 1 aromatic carbocycles. The highest BCUT2D eigenvalue weighted by Gasteiger charge is 2.09. The average molecular weight is 354 g/mol. The van der Waals surface area contributed by atoms with E-state index in [1.807, 2.05) is 19.9 Å². The number of hydrogen-bond donors (Lipinski definition) is 2. The van der Waals surface area contributed by atoms with Gasteiger partial charge in [0.15, 0.2) is 5.15 Å². The van der Waals surface area contributed by atoms with Crippen LogP contribution in [0.3, 0.4) is 0 Å². The van der Waals surface area contributed by atoms with Crippen molar-refractivity contribution in [2.45, 2.75) is 13.8 Å². The van der Waals surface area contributed by atoms with E-state index in [1.165, 1.54) is 0 Å². The standard InChI is InChI=1S/C18H16ClN5O/c1-11-10-12(2)22-18(21-11)23-14-7-5-13(6-8-14)17(25)24-15-4-3-9-20-16(15)19/h3-10H,1-2H3,(H,24,25)(H,21,22,23). The molecule has 0 radical (unpaired) electrons. The van der Waals surface area contributed by atoms with Gasteiger partial charge in [-0.25, -0.2) is 15.0 Å². The fourth-order valence-electron chi connectivity index (χ4n) is 2.29. The number of carbonyl (C=O) groups is 1. The lowest BCUT2D eigenvalue weighted by Gasteiger charge is -2.09. The van der Waals surface area contributed by atoms with Gasteiger partial charge in [0, 0.05) is 28.8 Å². The zero-order valence-corrected chi connectivity index (χ0v) is 14.5. The Bertz CT molecular complexity index is 891. The molecular weight excluding hydrogens is 338 g/mol. The first-order valence-electron chi connectivity index (χ1n) is 7.62. The average Bonchev–Trinajstić information content (AvgIpc) is 2.56. The van der Waals surface area contributed by atoms with E-state index in [9.17, 15) is 4.79 Å². The zero-order chi connectivity index (χ0) is 17.8. The van der Waals surface area contributed by atoms with Crippen LogP contribution < -0.4 is 10.6 Å². The number of nitrogens with zero attached hydrogens (tertiary/aromatic N) is 3. The summed E-state index contributed by atoms with van der Waals surface area (Å²) in [4.78, 5) is 24.9. The molecule has 0 saturated heterocycles. The van der Waals surface area contributed by atoms with Crippen LogP contribution >= 0.6 is 11.6 Å². The summed E-state index contributed by atoms with van der Waals surface area (Å²) in [6.45, 7) is 3.83. The predicted molar refractivity (Wildman–Crippen MR) is 98.4 cm³/mol. The number of rotatable bonds is 4. The molecular formula is C18H16ClN5O. The molecule has 1 amide bonds. The van der Waals surface area contributed by atoms with Crippen LogP contribution in [0.5, 0.6) is 0 Å². The van der Waals surface area contributed by atoms with Crippen LogP contribution in [-0.4, -0.2) is 20.9 Å². The summed E-state index contributed by atoms with van der Waals surface area (Å²) in [7, 11) is 0. The van der Waals surface area contributed by atoms with Crippen LogP contribution in [0.4, 0.5) is 17.3 Å². The first-order valence-corrected chi connectivity index (χ1v) is 8.00. The molecule has 0 atom stereocenters. The number of anilines is 3. The van der Waals surface area contributed by atoms with Crippen molar-refractivity contribution < 1.29 is 4.79 Å². The van der Waals surface area contributed by atoms with Crippen molar-refractivity contribution in [3.05, 3.63) is 70.8 Å². The van der Waals surface area contributed by atoms with Crippen molar-refractivity contribution >= 4 is 34.8 Å². The van der Waals surface area contributed by atoms with E-state index in [1.54, 1.807) is 42.6 Å². The maximum Gasteiger partial charge on any atom is 0.255 e. The van der Waals surface area contributed by atoms with Gasteiger partial charge in [-0.1, -0.05) is 11.6 Å². The largest absolute Gasteiger partial charge is 0.324 e. The first-order chi connectivity index (χ1) is 12.0. The van der Waals surface area contributed by atoms with E-state index in [-0.39, 0.29) is 11.1 Å². The molecule has 3 rings (SSSR count). The molecule has 6 nitrogen and oxygen atoms in total. The monoisotopic (exact) mass is 353 g/mol. The molecule has 25 heavy (non-hydrogen) atoms. The van der Waals surface area contributed by atoms with Gasteiger partial charge < -0.3 is 10.6 Å². The predicted octanol–water partition coefficient (Wildman–Crippen LogP) is 4.14. The third-order valence-corrected chi connectivity index (χ3v) is 3.69. The van der Waals surface area contributed by atoms with Gasteiger partial charge in [0.25, 0.3) is 5.91 Å². The van der Waals surface area contributed by atoms with Gasteiger partial charge in [0.05, 0.1) is 5.69 Å². The van der Waals surface area contributed by atoms with Crippen molar-refractivity contribution in [3.8, 4) is 0 Å². The second-order valence-corrected chi connectivity index (χ2v) is 5.83. The second-order valence-electron chi connectivity index (χ2n) is 5.47. The summed E-state index contributed by atoms with van der Waals surface area (Å²) < 4.78 is 0. The van der Waals surface area contributed by atoms with Crippen molar-refractivity contribution in [2.75, 3.05) is 10.6 Å². The molecule has 0 spiro atoms. The van der Waals surface area contributed by atoms with Gasteiger partial charge >= 0.3 is 0 Å². The topological polar surface area (TPSA) is 79.8 Å². The third kappa shape index (κ3) is 4.30. The summed E-state index contributed by atoms with van der Waals surface area (Å²) in [5.74, 6) is 0.265. The van der Waals surface area contributed by atoms with Gasteiger partial charge in [0.2, 0.25) is 5.95 Å². The molecule has 0 bridgehead atoms. The number of benzene rings is 1. The smallest absolute Gasteiger partial charge is 0.255 e. The number of nitrogens with one attached hydrogen (secondary N) is 2. The Labute approximate surface area is 150 Å². The third-order valence-electron chi connectivity index (χ3n) is 3.39. The minimum Gasteiger partial charge on any atom is -0.324 e. The number of amides is 1. The highest BCUT2D eigenvalue weighted by Crippen LogP contribution is 2.19. The van der Waals surface area contributed by atoms with Crippen molar-refractivity contribution in [3.63, 3.8) is 0 Å². The molecule has 0 saturated carbocycles. The molecule has 2 aromatic heterocycles. The summed E-state index contributed by atoms with van der Waals surface area (Å²) >= 11 is 5.95. The Morgan fingerprint density at radius 3 is 2.36 bits per heavy atom. The summed E-state index contributed by atoms with van der Waals surface area (Å²) in [6, 6.07) is 12.3. The fraction of sp³-hybridized carbons (Fsp3) is 0.111. The van der Waals surface area contributed by atoms with E-state index < -0.39 is 0 Å². The molecule has 2 N–H and O–H groups in total. The first kappa shape index (κ1) is 16.9. The highest BCUT2D eigenvalue weighted by molar-refractivity contribution is 6.32. The molecule has 0 aliphatic carbocycles. The number of aryl methyl sites for hydroxylation is 2. The second kappa shape index (κ2) is 7.27. The number of halogens is 1. The Morgan fingerprint density at radius 1 is 1.04 bits per heavy atom. The summed E-state index contributed by atoms with van der Waals surface area (Å²) in [6.07, 6.45) is 1.56. The maximum absolute atomic E-state index is 12.3. The quantitative estimate of drug-likeness (QED) is 0.689. The van der Waals surface area contributed by atoms with Crippen LogP contribution in [0, 0.1) is 13.8 Å². The minimum absolute atomic E-state index is 0.251. The molecule has 2 heterocycles. The Kier molecular flexibility index (Phi) is 4.90. The van der Waals surface area contributed by atoms with Crippen LogP contribution in [-0.2, 0) is 0 Å². The van der Waals surface area contributed by atoms with Gasteiger partial charge in [-0.3, -0.25) is 4.79 Å². The minimum atomic E-state index is -0.260. The van der Waals surface area contributed by atoms with Crippen LogP contribution in [0.15, 0.2) is 48.7 Å². The van der Waals surface area contributed by atoms with E-state index in [0.717, 1.165) is 17.1 Å². The Morgan fingerprint density at radius 2 is 1.72 bits per heavy atom. The maximum atomic E-state index is 12.3. The normalized spacial score (nSPS) is 10.4. The molecule has 0 aliphatic rings. The van der Waals surface area contributed by atoms with Gasteiger partial charge in [-0.05, 0) is 56.3 Å². The molecule has 0 fully saturated rings. The van der Waals surface area contributed by atoms with Gasteiger partial charge in [-0.15, -0.1) is 0 Å². The highest BCUT2D eigenvalue weighted by atomic mass is 35.5. The number of hydrogen-bond acceptors (Lipinski definition) is 5. The van der Waals surface area contributed by atoms with Crippen molar-refractivity contribution in [1.29, 1.82) is 0 Å². The van der Waals surface area contributed by atoms with Crippen molar-refractivity contribution in [2.24, 2.45) is 0 Å². The zero-order valence-electron chi connectivity index (χ0n) is 13.7. The van der Waals surface area contributed by atoms with Crippen molar-refractivity contribution in [1.82, 2.24) is 15.0 Å². The van der Waals surface area contributed by atoms with Crippen LogP contribution in [0.1, 0.15) is 21.7 Å². The molecule has 7 heteroatoms. The van der Waals surface area contributed by atoms with Crippen LogP contribution in [0.2, 0.25) is 5.15 Å². The summed E-state index contributed by atoms with van der Waals surface area (Å²) in [5, 5.41) is 6.11. The molecule has 0 unspecified atom stereocenters. The van der Waals surface area contributed by atoms with Gasteiger partial charge in [0.1, 0.15) is 0 Å². The lowest BCUT2D eigenvalue weighted by Crippen LogP contribution is -2.12. The van der Waals surface area contributed by atoms with E-state index in [0.29, 0.717) is 17.2 Å². The fourth-order valence-corrected chi connectivity index (χ4v) is 2.46. The number of carbonyl (C=O) groups excluding carboxylic acids is 1. The van der Waals surface area contributed by atoms with Gasteiger partial charge in [-0.2, -0.15) is 0 Å². The molecule has 3 aromatic rings. The number of aromatic nitrogens is 3. The Balaban J connectivity index is 1.71. The SMILES string of the molecule is Cc1cc(C)nc(Nc2ccc(C(=O)Nc3cccnc3Cl)cc2)n1. The molecule has 126 valence electrons. The summed E-state index contributed by atoms with van der Waals surface area (Å²) in [5.41, 5.74) is 3.55.